The Balaban J connectivity index is 2.34. The SMILES string of the molecule is CCS(=O)(=O)c1cc(C(F)(F)F)cnc1-c1nc2cc(C(F)(F)C(F)(F)F)c[n+]([O-])c2n1C. The van der Waals surface area contributed by atoms with Gasteiger partial charge in [0.05, 0.1) is 28.8 Å². The number of imidazole rings is 1. The Kier molecular flexibility index (Phi) is 5.59. The molecule has 33 heavy (non-hydrogen) atoms. The van der Waals surface area contributed by atoms with Gasteiger partial charge in [0, 0.05) is 6.20 Å². The summed E-state index contributed by atoms with van der Waals surface area (Å²) in [5.41, 5.74) is -5.03. The number of fused-ring (bicyclic) bond motifs is 1. The molecule has 180 valence electrons. The summed E-state index contributed by atoms with van der Waals surface area (Å²) < 4.78 is 130. The van der Waals surface area contributed by atoms with Gasteiger partial charge in [0.1, 0.15) is 11.9 Å². The molecule has 0 saturated heterocycles. The zero-order chi connectivity index (χ0) is 25.1. The molecule has 16 heteroatoms. The van der Waals surface area contributed by atoms with Crippen LogP contribution in [0.5, 0.6) is 0 Å². The Morgan fingerprint density at radius 1 is 1.06 bits per heavy atom. The smallest absolute Gasteiger partial charge is 0.458 e. The van der Waals surface area contributed by atoms with Gasteiger partial charge in [0.15, 0.2) is 15.4 Å². The first-order valence-electron chi connectivity index (χ1n) is 8.76. The van der Waals surface area contributed by atoms with E-state index in [4.69, 9.17) is 0 Å². The highest BCUT2D eigenvalue weighted by Crippen LogP contribution is 2.44. The lowest BCUT2D eigenvalue weighted by Crippen LogP contribution is -2.37. The summed E-state index contributed by atoms with van der Waals surface area (Å²) in [5.74, 6) is -6.59. The Labute approximate surface area is 179 Å². The van der Waals surface area contributed by atoms with E-state index >= 15 is 0 Å². The normalized spacial score (nSPS) is 13.6. The summed E-state index contributed by atoms with van der Waals surface area (Å²) in [6.45, 7) is 1.14. The molecule has 0 radical (unpaired) electrons. The van der Waals surface area contributed by atoms with Crippen molar-refractivity contribution < 1.29 is 48.3 Å². The third kappa shape index (κ3) is 4.06. The van der Waals surface area contributed by atoms with E-state index < -0.39 is 72.6 Å². The Morgan fingerprint density at radius 2 is 1.67 bits per heavy atom. The molecule has 0 spiro atoms. The fourth-order valence-corrected chi connectivity index (χ4v) is 4.00. The summed E-state index contributed by atoms with van der Waals surface area (Å²) in [7, 11) is -3.26. The number of sulfone groups is 1. The maximum Gasteiger partial charge on any atom is 0.458 e. The molecule has 0 unspecified atom stereocenters. The van der Waals surface area contributed by atoms with Gasteiger partial charge < -0.3 is 5.21 Å². The zero-order valence-corrected chi connectivity index (χ0v) is 17.3. The lowest BCUT2D eigenvalue weighted by Gasteiger charge is -2.20. The molecule has 0 atom stereocenters. The molecule has 0 aliphatic carbocycles. The summed E-state index contributed by atoms with van der Waals surface area (Å²) in [6.07, 6.45) is -10.7. The van der Waals surface area contributed by atoms with Gasteiger partial charge >= 0.3 is 23.9 Å². The van der Waals surface area contributed by atoms with Crippen LogP contribution in [0.3, 0.4) is 0 Å². The summed E-state index contributed by atoms with van der Waals surface area (Å²) in [4.78, 5) is 6.33. The molecule has 3 heterocycles. The highest BCUT2D eigenvalue weighted by atomic mass is 32.2. The molecule has 0 aliphatic rings. The summed E-state index contributed by atoms with van der Waals surface area (Å²) >= 11 is 0. The number of pyridine rings is 2. The van der Waals surface area contributed by atoms with Crippen LogP contribution in [0.1, 0.15) is 18.1 Å². The molecular formula is C17H12F8N4O3S. The minimum absolute atomic E-state index is 0.0227. The first kappa shape index (κ1) is 24.6. The van der Waals surface area contributed by atoms with Crippen LogP contribution in [-0.4, -0.2) is 34.9 Å². The third-order valence-electron chi connectivity index (χ3n) is 4.67. The molecule has 0 N–H and O–H groups in total. The monoisotopic (exact) mass is 504 g/mol. The Bertz CT molecular complexity index is 1350. The van der Waals surface area contributed by atoms with Crippen LogP contribution in [0.2, 0.25) is 0 Å². The van der Waals surface area contributed by atoms with E-state index in [0.717, 1.165) is 18.5 Å². The van der Waals surface area contributed by atoms with Crippen molar-refractivity contribution in [1.82, 2.24) is 14.5 Å². The fraction of sp³-hybridized carbons (Fsp3) is 0.353. The van der Waals surface area contributed by atoms with Crippen LogP contribution >= 0.6 is 0 Å². The van der Waals surface area contributed by atoms with Gasteiger partial charge in [-0.25, -0.2) is 22.7 Å². The quantitative estimate of drug-likeness (QED) is 0.307. The molecule has 7 nitrogen and oxygen atoms in total. The fourth-order valence-electron chi connectivity index (χ4n) is 2.95. The van der Waals surface area contributed by atoms with Crippen LogP contribution in [0.25, 0.3) is 22.7 Å². The second-order valence-corrected chi connectivity index (χ2v) is 9.05. The molecule has 0 fully saturated rings. The predicted molar refractivity (Wildman–Crippen MR) is 95.6 cm³/mol. The van der Waals surface area contributed by atoms with Crippen molar-refractivity contribution in [1.29, 1.82) is 0 Å². The van der Waals surface area contributed by atoms with Crippen LogP contribution in [0, 0.1) is 5.21 Å². The van der Waals surface area contributed by atoms with Crippen LogP contribution in [0.15, 0.2) is 29.4 Å². The van der Waals surface area contributed by atoms with Gasteiger partial charge in [-0.15, -0.1) is 0 Å². The molecule has 0 aromatic carbocycles. The van der Waals surface area contributed by atoms with E-state index in [0.29, 0.717) is 12.3 Å². The second kappa shape index (κ2) is 7.50. The van der Waals surface area contributed by atoms with Crippen LogP contribution in [-0.2, 0) is 29.0 Å². The topological polar surface area (TPSA) is 91.8 Å². The van der Waals surface area contributed by atoms with E-state index in [1.54, 1.807) is 0 Å². The zero-order valence-electron chi connectivity index (χ0n) is 16.5. The van der Waals surface area contributed by atoms with E-state index in [9.17, 15) is 48.7 Å². The Morgan fingerprint density at radius 3 is 2.18 bits per heavy atom. The van der Waals surface area contributed by atoms with Gasteiger partial charge in [0.2, 0.25) is 5.82 Å². The predicted octanol–water partition coefficient (Wildman–Crippen LogP) is 3.74. The number of hydrogen-bond donors (Lipinski definition) is 0. The first-order chi connectivity index (χ1) is 14.9. The van der Waals surface area contributed by atoms with Crippen LogP contribution in [0.4, 0.5) is 35.1 Å². The van der Waals surface area contributed by atoms with Crippen molar-refractivity contribution in [3.05, 3.63) is 40.9 Å². The van der Waals surface area contributed by atoms with E-state index in [1.165, 1.54) is 0 Å². The molecule has 0 amide bonds. The van der Waals surface area contributed by atoms with E-state index in [2.05, 4.69) is 9.97 Å². The third-order valence-corrected chi connectivity index (χ3v) is 6.42. The van der Waals surface area contributed by atoms with Gasteiger partial charge in [-0.1, -0.05) is 6.92 Å². The number of aromatic nitrogens is 4. The molecular weight excluding hydrogens is 492 g/mol. The molecule has 0 saturated carbocycles. The molecule has 0 bridgehead atoms. The average Bonchev–Trinajstić information content (AvgIpc) is 3.02. The van der Waals surface area contributed by atoms with Crippen molar-refractivity contribution in [2.75, 3.05) is 5.75 Å². The van der Waals surface area contributed by atoms with Crippen molar-refractivity contribution in [3.63, 3.8) is 0 Å². The number of aryl methyl sites for hydroxylation is 1. The lowest BCUT2D eigenvalue weighted by molar-refractivity contribution is -0.581. The maximum absolute atomic E-state index is 13.7. The maximum atomic E-state index is 13.7. The summed E-state index contributed by atoms with van der Waals surface area (Å²) in [5, 5.41) is 12.2. The first-order valence-corrected chi connectivity index (χ1v) is 10.4. The highest BCUT2D eigenvalue weighted by Gasteiger charge is 2.59. The van der Waals surface area contributed by atoms with Gasteiger partial charge in [-0.2, -0.15) is 40.1 Å². The molecule has 3 aromatic heterocycles. The Hall–Kier alpha value is -3.04. The minimum Gasteiger partial charge on any atom is -0.711 e. The molecule has 3 rings (SSSR count). The highest BCUT2D eigenvalue weighted by molar-refractivity contribution is 7.91. The van der Waals surface area contributed by atoms with Gasteiger partial charge in [-0.05, 0) is 12.1 Å². The standard InChI is InChI=1S/C17H12F8N4O3S/c1-3-33(31,32)11-5-8(16(20,21)22)6-26-12(11)13-27-10-4-9(15(18,19)17(23,24)25)7-29(30)14(10)28(13)2/h4-7H,3H2,1-2H3. The molecule has 3 aromatic rings. The number of hydrogen-bond acceptors (Lipinski definition) is 5. The second-order valence-electron chi connectivity index (χ2n) is 6.80. The number of nitrogens with zero attached hydrogens (tertiary/aromatic N) is 4. The summed E-state index contributed by atoms with van der Waals surface area (Å²) in [6, 6.07) is 0.577. The minimum atomic E-state index is -6.03. The average molecular weight is 504 g/mol. The molecule has 0 aliphatic heterocycles. The largest absolute Gasteiger partial charge is 0.711 e. The van der Waals surface area contributed by atoms with Crippen molar-refractivity contribution in [2.45, 2.75) is 30.1 Å². The number of rotatable bonds is 4. The van der Waals surface area contributed by atoms with E-state index in [-0.39, 0.29) is 17.0 Å². The van der Waals surface area contributed by atoms with Crippen molar-refractivity contribution >= 4 is 21.0 Å². The number of halogens is 8. The number of alkyl halides is 8. The van der Waals surface area contributed by atoms with Gasteiger partial charge in [0.25, 0.3) is 0 Å². The van der Waals surface area contributed by atoms with Crippen molar-refractivity contribution in [3.8, 4) is 11.5 Å². The van der Waals surface area contributed by atoms with E-state index in [1.807, 2.05) is 0 Å². The lowest BCUT2D eigenvalue weighted by atomic mass is 10.1. The van der Waals surface area contributed by atoms with Gasteiger partial charge in [-0.3, -0.25) is 0 Å². The van der Waals surface area contributed by atoms with Crippen LogP contribution < -0.4 is 4.73 Å². The van der Waals surface area contributed by atoms with Crippen molar-refractivity contribution in [2.24, 2.45) is 7.05 Å².